The van der Waals surface area contributed by atoms with E-state index >= 15 is 0 Å². The molecule has 0 spiro atoms. The van der Waals surface area contributed by atoms with Gasteiger partial charge in [0.05, 0.1) is 6.54 Å². The van der Waals surface area contributed by atoms with Gasteiger partial charge in [0.15, 0.2) is 0 Å². The summed E-state index contributed by atoms with van der Waals surface area (Å²) in [6, 6.07) is 9.05. The van der Waals surface area contributed by atoms with Crippen LogP contribution in [0.4, 0.5) is 0 Å². The molecule has 0 radical (unpaired) electrons. The maximum atomic E-state index is 12.1. The van der Waals surface area contributed by atoms with Gasteiger partial charge in [0, 0.05) is 19.1 Å². The second-order valence-corrected chi connectivity index (χ2v) is 5.94. The number of aryl methyl sites for hydroxylation is 1. The summed E-state index contributed by atoms with van der Waals surface area (Å²) in [6.07, 6.45) is 2.66. The minimum absolute atomic E-state index is 0.0382. The van der Waals surface area contributed by atoms with Crippen LogP contribution in [0, 0.1) is 6.92 Å². The lowest BCUT2D eigenvalue weighted by atomic mass is 10.1. The Morgan fingerprint density at radius 1 is 1.35 bits per heavy atom. The van der Waals surface area contributed by atoms with E-state index in [1.165, 1.54) is 24.0 Å². The van der Waals surface area contributed by atoms with Gasteiger partial charge in [-0.15, -0.1) is 0 Å². The molecule has 1 aliphatic carbocycles. The van der Waals surface area contributed by atoms with Crippen molar-refractivity contribution in [2.75, 3.05) is 26.7 Å². The number of hydrogen-bond acceptors (Lipinski definition) is 3. The first-order chi connectivity index (χ1) is 9.66. The lowest BCUT2D eigenvalue weighted by Gasteiger charge is -2.28. The van der Waals surface area contributed by atoms with E-state index in [-0.39, 0.29) is 12.1 Å². The quantitative estimate of drug-likeness (QED) is 0.883. The number of nitrogens with one attached hydrogen (secondary N) is 1. The number of likely N-dealkylation sites (N-methyl/N-ethyl adjacent to an activating group) is 1. The SMILES string of the molecule is Cc1ccccc1C1NCC(=O)N1CCN(C)C1CC1. The highest BCUT2D eigenvalue weighted by Gasteiger charge is 2.33. The predicted molar refractivity (Wildman–Crippen MR) is 79.3 cm³/mol. The van der Waals surface area contributed by atoms with Crippen LogP contribution >= 0.6 is 0 Å². The molecule has 2 aliphatic rings. The molecule has 0 aromatic heterocycles. The Kier molecular flexibility index (Phi) is 3.76. The summed E-state index contributed by atoms with van der Waals surface area (Å²) < 4.78 is 0. The molecule has 1 unspecified atom stereocenters. The van der Waals surface area contributed by atoms with Gasteiger partial charge in [-0.3, -0.25) is 10.1 Å². The van der Waals surface area contributed by atoms with Gasteiger partial charge in [-0.1, -0.05) is 24.3 Å². The van der Waals surface area contributed by atoms with Crippen molar-refractivity contribution in [3.63, 3.8) is 0 Å². The van der Waals surface area contributed by atoms with Crippen LogP contribution in [0.3, 0.4) is 0 Å². The molecular formula is C16H23N3O. The van der Waals surface area contributed by atoms with E-state index in [1.807, 2.05) is 17.0 Å². The lowest BCUT2D eigenvalue weighted by Crippen LogP contribution is -2.37. The Morgan fingerprint density at radius 3 is 2.80 bits per heavy atom. The van der Waals surface area contributed by atoms with Gasteiger partial charge < -0.3 is 9.80 Å². The molecule has 1 saturated carbocycles. The monoisotopic (exact) mass is 273 g/mol. The Balaban J connectivity index is 1.70. The van der Waals surface area contributed by atoms with E-state index in [1.54, 1.807) is 0 Å². The van der Waals surface area contributed by atoms with Gasteiger partial charge in [-0.25, -0.2) is 0 Å². The fourth-order valence-corrected chi connectivity index (χ4v) is 2.93. The highest BCUT2D eigenvalue weighted by atomic mass is 16.2. The number of nitrogens with zero attached hydrogens (tertiary/aromatic N) is 2. The molecular weight excluding hydrogens is 250 g/mol. The summed E-state index contributed by atoms with van der Waals surface area (Å²) in [7, 11) is 2.16. The van der Waals surface area contributed by atoms with Crippen molar-refractivity contribution in [3.8, 4) is 0 Å². The third-order valence-corrected chi connectivity index (χ3v) is 4.43. The van der Waals surface area contributed by atoms with Crippen molar-refractivity contribution in [2.45, 2.75) is 32.0 Å². The molecule has 1 N–H and O–H groups in total. The average molecular weight is 273 g/mol. The zero-order valence-corrected chi connectivity index (χ0v) is 12.3. The number of benzene rings is 1. The molecule has 2 fully saturated rings. The van der Waals surface area contributed by atoms with Crippen LogP contribution in [0.5, 0.6) is 0 Å². The van der Waals surface area contributed by atoms with Crippen molar-refractivity contribution in [3.05, 3.63) is 35.4 Å². The zero-order chi connectivity index (χ0) is 14.1. The third-order valence-electron chi connectivity index (χ3n) is 4.43. The Hall–Kier alpha value is -1.39. The van der Waals surface area contributed by atoms with Crippen LogP contribution < -0.4 is 5.32 Å². The van der Waals surface area contributed by atoms with Gasteiger partial charge in [-0.2, -0.15) is 0 Å². The molecule has 1 amide bonds. The highest BCUT2D eigenvalue weighted by molar-refractivity contribution is 5.81. The highest BCUT2D eigenvalue weighted by Crippen LogP contribution is 2.27. The molecule has 20 heavy (non-hydrogen) atoms. The molecule has 108 valence electrons. The molecule has 1 aromatic carbocycles. The summed E-state index contributed by atoms with van der Waals surface area (Å²) in [4.78, 5) is 16.5. The summed E-state index contributed by atoms with van der Waals surface area (Å²) in [6.45, 7) is 4.32. The van der Waals surface area contributed by atoms with Gasteiger partial charge in [-0.05, 0) is 37.9 Å². The Morgan fingerprint density at radius 2 is 2.10 bits per heavy atom. The van der Waals surface area contributed by atoms with E-state index in [9.17, 15) is 4.79 Å². The molecule has 1 atom stereocenters. The van der Waals surface area contributed by atoms with Crippen LogP contribution in [0.25, 0.3) is 0 Å². The molecule has 3 rings (SSSR count). The first-order valence-corrected chi connectivity index (χ1v) is 7.45. The molecule has 1 saturated heterocycles. The molecule has 1 aliphatic heterocycles. The Bertz CT molecular complexity index is 498. The fourth-order valence-electron chi connectivity index (χ4n) is 2.93. The van der Waals surface area contributed by atoms with E-state index < -0.39 is 0 Å². The predicted octanol–water partition coefficient (Wildman–Crippen LogP) is 1.52. The molecule has 4 nitrogen and oxygen atoms in total. The number of amides is 1. The number of hydrogen-bond donors (Lipinski definition) is 1. The second kappa shape index (κ2) is 5.54. The average Bonchev–Trinajstić information content (AvgIpc) is 3.22. The number of rotatable bonds is 5. The second-order valence-electron chi connectivity index (χ2n) is 5.94. The van der Waals surface area contributed by atoms with Crippen molar-refractivity contribution in [1.29, 1.82) is 0 Å². The maximum Gasteiger partial charge on any atom is 0.238 e. The normalized spacial score (nSPS) is 22.9. The summed E-state index contributed by atoms with van der Waals surface area (Å²) in [5.74, 6) is 0.211. The molecule has 4 heteroatoms. The van der Waals surface area contributed by atoms with Crippen LogP contribution in [0.15, 0.2) is 24.3 Å². The van der Waals surface area contributed by atoms with E-state index in [0.717, 1.165) is 19.1 Å². The van der Waals surface area contributed by atoms with Crippen LogP contribution in [0.1, 0.15) is 30.1 Å². The first-order valence-electron chi connectivity index (χ1n) is 7.45. The molecule has 1 aromatic rings. The largest absolute Gasteiger partial charge is 0.321 e. The minimum atomic E-state index is 0.0382. The van der Waals surface area contributed by atoms with Crippen molar-refractivity contribution >= 4 is 5.91 Å². The number of carbonyl (C=O) groups excluding carboxylic acids is 1. The van der Waals surface area contributed by atoms with Crippen molar-refractivity contribution in [1.82, 2.24) is 15.1 Å². The van der Waals surface area contributed by atoms with Crippen LogP contribution in [0.2, 0.25) is 0 Å². The van der Waals surface area contributed by atoms with E-state index in [0.29, 0.717) is 6.54 Å². The van der Waals surface area contributed by atoms with E-state index in [4.69, 9.17) is 0 Å². The Labute approximate surface area is 120 Å². The van der Waals surface area contributed by atoms with Gasteiger partial charge in [0.1, 0.15) is 6.17 Å². The van der Waals surface area contributed by atoms with Crippen molar-refractivity contribution in [2.24, 2.45) is 0 Å². The van der Waals surface area contributed by atoms with Crippen LogP contribution in [-0.4, -0.2) is 48.4 Å². The fraction of sp³-hybridized carbons (Fsp3) is 0.562. The standard InChI is InChI=1S/C16H23N3O/c1-12-5-3-4-6-14(12)16-17-11-15(20)19(16)10-9-18(2)13-7-8-13/h3-6,13,16-17H,7-11H2,1-2H3. The van der Waals surface area contributed by atoms with Gasteiger partial charge in [0.25, 0.3) is 0 Å². The lowest BCUT2D eigenvalue weighted by molar-refractivity contribution is -0.128. The summed E-state index contributed by atoms with van der Waals surface area (Å²) in [5.41, 5.74) is 2.45. The van der Waals surface area contributed by atoms with E-state index in [2.05, 4.69) is 36.3 Å². The topological polar surface area (TPSA) is 35.6 Å². The van der Waals surface area contributed by atoms with Gasteiger partial charge >= 0.3 is 0 Å². The maximum absolute atomic E-state index is 12.1. The molecule has 1 heterocycles. The van der Waals surface area contributed by atoms with Crippen molar-refractivity contribution < 1.29 is 4.79 Å². The molecule has 0 bridgehead atoms. The third kappa shape index (κ3) is 2.72. The zero-order valence-electron chi connectivity index (χ0n) is 12.3. The number of carbonyl (C=O) groups is 1. The minimum Gasteiger partial charge on any atom is -0.321 e. The summed E-state index contributed by atoms with van der Waals surface area (Å²) >= 11 is 0. The summed E-state index contributed by atoms with van der Waals surface area (Å²) in [5, 5.41) is 3.34. The van der Waals surface area contributed by atoms with Gasteiger partial charge in [0.2, 0.25) is 5.91 Å². The first kappa shape index (κ1) is 13.6. The smallest absolute Gasteiger partial charge is 0.238 e. The van der Waals surface area contributed by atoms with Crippen LogP contribution in [-0.2, 0) is 4.79 Å².